The molecule has 0 N–H and O–H groups in total. The smallest absolute Gasteiger partial charge is 0.297 e. The van der Waals surface area contributed by atoms with E-state index in [1.807, 2.05) is 58.1 Å². The second-order valence-corrected chi connectivity index (χ2v) is 8.00. The third kappa shape index (κ3) is 3.33. The van der Waals surface area contributed by atoms with E-state index in [1.54, 1.807) is 7.05 Å². The molecular weight excluding hydrogens is 404 g/mol. The minimum absolute atomic E-state index is 0.347. The van der Waals surface area contributed by atoms with Gasteiger partial charge in [-0.3, -0.25) is 18.5 Å². The van der Waals surface area contributed by atoms with Crippen molar-refractivity contribution in [1.82, 2.24) is 18.7 Å². The Kier molecular flexibility index (Phi) is 4.97. The van der Waals surface area contributed by atoms with Gasteiger partial charge in [0.25, 0.3) is 5.56 Å². The van der Waals surface area contributed by atoms with Crippen LogP contribution < -0.4 is 16.3 Å². The summed E-state index contributed by atoms with van der Waals surface area (Å²) >= 11 is 0. The number of rotatable bonds is 5. The van der Waals surface area contributed by atoms with Crippen LogP contribution in [0.15, 0.2) is 75.4 Å². The van der Waals surface area contributed by atoms with Crippen molar-refractivity contribution in [3.8, 4) is 0 Å². The lowest BCUT2D eigenvalue weighted by atomic mass is 10.1. The molecule has 0 radical (unpaired) electrons. The van der Waals surface area contributed by atoms with Gasteiger partial charge in [-0.25, -0.2) is 9.80 Å². The zero-order valence-corrected chi connectivity index (χ0v) is 18.1. The molecule has 8 heteroatoms. The monoisotopic (exact) mass is 428 g/mol. The van der Waals surface area contributed by atoms with Crippen molar-refractivity contribution in [3.63, 3.8) is 0 Å². The van der Waals surface area contributed by atoms with Crippen LogP contribution in [0, 0.1) is 0 Å². The van der Waals surface area contributed by atoms with Crippen LogP contribution >= 0.6 is 0 Å². The van der Waals surface area contributed by atoms with Gasteiger partial charge >= 0.3 is 5.69 Å². The summed E-state index contributed by atoms with van der Waals surface area (Å²) in [4.78, 5) is 30.1. The number of benzene rings is 2. The normalized spacial score (nSPS) is 13.3. The van der Waals surface area contributed by atoms with Crippen molar-refractivity contribution >= 4 is 22.8 Å². The number of anilines is 1. The standard InChI is InChI=1S/C24H24N6O2/c1-27-21-20(22(31)28(2)24(27)32)29-16-19(18-13-7-4-8-14-18)26-30(23(29)25-21)15-9-12-17-10-5-3-6-11-17/h3-8,10-11,13-14H,9,12,15-16H2,1-2H3. The second-order valence-electron chi connectivity index (χ2n) is 8.00. The van der Waals surface area contributed by atoms with Gasteiger partial charge in [0.05, 0.1) is 12.3 Å². The third-order valence-electron chi connectivity index (χ3n) is 5.89. The third-order valence-corrected chi connectivity index (χ3v) is 5.89. The molecule has 8 nitrogen and oxygen atoms in total. The Balaban J connectivity index is 1.59. The summed E-state index contributed by atoms with van der Waals surface area (Å²) in [5.41, 5.74) is 3.18. The summed E-state index contributed by atoms with van der Waals surface area (Å²) in [6, 6.07) is 20.3. The van der Waals surface area contributed by atoms with Crippen molar-refractivity contribution in [2.45, 2.75) is 19.4 Å². The molecule has 0 aliphatic carbocycles. The first-order chi connectivity index (χ1) is 15.5. The SMILES string of the molecule is Cn1c(=O)c2c(nc3n2CC(c2ccccc2)=NN3CCCc2ccccc2)n(C)c1=O. The van der Waals surface area contributed by atoms with E-state index >= 15 is 0 Å². The largest absolute Gasteiger partial charge is 0.332 e. The van der Waals surface area contributed by atoms with Crippen LogP contribution in [0.4, 0.5) is 5.95 Å². The first-order valence-corrected chi connectivity index (χ1v) is 10.6. The van der Waals surface area contributed by atoms with Gasteiger partial charge in [-0.2, -0.15) is 10.1 Å². The molecular formula is C24H24N6O2. The molecule has 0 fully saturated rings. The number of imidazole rings is 1. The fourth-order valence-corrected chi connectivity index (χ4v) is 4.16. The Morgan fingerprint density at radius 2 is 1.59 bits per heavy atom. The number of fused-ring (bicyclic) bond motifs is 3. The van der Waals surface area contributed by atoms with Gasteiger partial charge < -0.3 is 0 Å². The minimum Gasteiger partial charge on any atom is -0.297 e. The molecule has 0 unspecified atom stereocenters. The summed E-state index contributed by atoms with van der Waals surface area (Å²) in [5.74, 6) is 0.589. The van der Waals surface area contributed by atoms with E-state index < -0.39 is 5.69 Å². The fourth-order valence-electron chi connectivity index (χ4n) is 4.16. The molecule has 1 aliphatic rings. The number of aromatic nitrogens is 4. The lowest BCUT2D eigenvalue weighted by Crippen LogP contribution is -2.38. The summed E-state index contributed by atoms with van der Waals surface area (Å²) < 4.78 is 4.44. The molecule has 0 bridgehead atoms. The maximum atomic E-state index is 13.0. The van der Waals surface area contributed by atoms with E-state index in [0.29, 0.717) is 30.2 Å². The van der Waals surface area contributed by atoms with Gasteiger partial charge in [-0.15, -0.1) is 0 Å². The van der Waals surface area contributed by atoms with Crippen molar-refractivity contribution in [2.75, 3.05) is 11.6 Å². The molecule has 2 aromatic heterocycles. The molecule has 1 aliphatic heterocycles. The van der Waals surface area contributed by atoms with Gasteiger partial charge in [0.15, 0.2) is 11.2 Å². The lowest BCUT2D eigenvalue weighted by molar-refractivity contribution is 0.683. The van der Waals surface area contributed by atoms with Crippen LogP contribution in [-0.4, -0.2) is 30.9 Å². The predicted molar refractivity (Wildman–Crippen MR) is 125 cm³/mol. The molecule has 0 atom stereocenters. The molecule has 2 aromatic carbocycles. The summed E-state index contributed by atoms with van der Waals surface area (Å²) in [7, 11) is 3.14. The van der Waals surface area contributed by atoms with Crippen LogP contribution in [0.1, 0.15) is 17.5 Å². The Morgan fingerprint density at radius 3 is 2.31 bits per heavy atom. The Hall–Kier alpha value is -3.94. The van der Waals surface area contributed by atoms with Crippen molar-refractivity contribution in [3.05, 3.63) is 92.6 Å². The van der Waals surface area contributed by atoms with Gasteiger partial charge in [0.1, 0.15) is 0 Å². The maximum absolute atomic E-state index is 13.0. The predicted octanol–water partition coefficient (Wildman–Crippen LogP) is 2.29. The number of aryl methyl sites for hydroxylation is 2. The van der Waals surface area contributed by atoms with Gasteiger partial charge in [-0.1, -0.05) is 60.7 Å². The van der Waals surface area contributed by atoms with Gasteiger partial charge in [0, 0.05) is 20.6 Å². The van der Waals surface area contributed by atoms with E-state index in [0.717, 1.165) is 28.7 Å². The summed E-state index contributed by atoms with van der Waals surface area (Å²) in [6.07, 6.45) is 1.78. The van der Waals surface area contributed by atoms with Crippen LogP contribution in [0.2, 0.25) is 0 Å². The molecule has 0 spiro atoms. The van der Waals surface area contributed by atoms with Crippen LogP contribution in [0.25, 0.3) is 11.2 Å². The highest BCUT2D eigenvalue weighted by molar-refractivity contribution is 6.02. The zero-order chi connectivity index (χ0) is 22.2. The van der Waals surface area contributed by atoms with Crippen molar-refractivity contribution in [2.24, 2.45) is 19.2 Å². The van der Waals surface area contributed by atoms with E-state index in [4.69, 9.17) is 5.10 Å². The van der Waals surface area contributed by atoms with E-state index in [9.17, 15) is 9.59 Å². The number of hydrogen-bond acceptors (Lipinski definition) is 5. The van der Waals surface area contributed by atoms with E-state index in [2.05, 4.69) is 17.1 Å². The first-order valence-electron chi connectivity index (χ1n) is 10.6. The Bertz CT molecular complexity index is 1430. The molecule has 0 amide bonds. The van der Waals surface area contributed by atoms with Crippen LogP contribution in [0.3, 0.4) is 0 Å². The quantitative estimate of drug-likeness (QED) is 0.489. The number of hydrazone groups is 1. The second kappa shape index (κ2) is 7.96. The van der Waals surface area contributed by atoms with Crippen LogP contribution in [-0.2, 0) is 27.1 Å². The number of hydrogen-bond donors (Lipinski definition) is 0. The highest BCUT2D eigenvalue weighted by Gasteiger charge is 2.27. The zero-order valence-electron chi connectivity index (χ0n) is 18.1. The molecule has 0 saturated carbocycles. The lowest BCUT2D eigenvalue weighted by Gasteiger charge is -2.26. The average Bonchev–Trinajstić information content (AvgIpc) is 3.22. The molecule has 5 rings (SSSR count). The molecule has 32 heavy (non-hydrogen) atoms. The van der Waals surface area contributed by atoms with Gasteiger partial charge in [-0.05, 0) is 24.0 Å². The summed E-state index contributed by atoms with van der Waals surface area (Å²) in [5, 5.41) is 6.75. The maximum Gasteiger partial charge on any atom is 0.332 e. The highest BCUT2D eigenvalue weighted by Crippen LogP contribution is 2.25. The topological polar surface area (TPSA) is 77.4 Å². The van der Waals surface area contributed by atoms with Crippen LogP contribution in [0.5, 0.6) is 0 Å². The Labute approximate surface area is 184 Å². The van der Waals surface area contributed by atoms with E-state index in [-0.39, 0.29) is 5.56 Å². The molecule has 3 heterocycles. The van der Waals surface area contributed by atoms with E-state index in [1.165, 1.54) is 17.2 Å². The first kappa shape index (κ1) is 20.0. The molecule has 0 saturated heterocycles. The minimum atomic E-state index is -0.391. The van der Waals surface area contributed by atoms with Gasteiger partial charge in [0.2, 0.25) is 5.95 Å². The van der Waals surface area contributed by atoms with Crippen molar-refractivity contribution < 1.29 is 0 Å². The summed E-state index contributed by atoms with van der Waals surface area (Å²) in [6.45, 7) is 1.06. The molecule has 162 valence electrons. The Morgan fingerprint density at radius 1 is 0.906 bits per heavy atom. The van der Waals surface area contributed by atoms with Crippen molar-refractivity contribution in [1.29, 1.82) is 0 Å². The highest BCUT2D eigenvalue weighted by atomic mass is 16.2. The molecule has 4 aromatic rings. The average molecular weight is 428 g/mol. The number of nitrogens with zero attached hydrogens (tertiary/aromatic N) is 6. The fraction of sp³-hybridized carbons (Fsp3) is 0.250.